The van der Waals surface area contributed by atoms with Crippen molar-refractivity contribution in [2.75, 3.05) is 0 Å². The molecule has 1 rings (SSSR count). The van der Waals surface area contributed by atoms with Gasteiger partial charge in [-0.3, -0.25) is 4.79 Å². The maximum absolute atomic E-state index is 11.6. The lowest BCUT2D eigenvalue weighted by Gasteiger charge is -2.17. The molecule has 0 saturated heterocycles. The Balaban J connectivity index is 2.36. The van der Waals surface area contributed by atoms with Gasteiger partial charge < -0.3 is 10.4 Å². The Hall–Kier alpha value is -1.36. The summed E-state index contributed by atoms with van der Waals surface area (Å²) in [4.78, 5) is 23.4. The van der Waals surface area contributed by atoms with Crippen molar-refractivity contribution >= 4 is 23.2 Å². The highest BCUT2D eigenvalue weighted by Gasteiger charge is 2.13. The largest absolute Gasteiger partial charge is 0.477 e. The number of nitrogens with one attached hydrogen (secondary N) is 1. The molecule has 0 aliphatic heterocycles. The van der Waals surface area contributed by atoms with E-state index in [9.17, 15) is 9.59 Å². The molecule has 0 radical (unpaired) electrons. The molecule has 0 aliphatic carbocycles. The molecule has 1 aromatic heterocycles. The van der Waals surface area contributed by atoms with Crippen LogP contribution in [-0.4, -0.2) is 17.0 Å². The molecular formula is C13H19NO3S. The molecule has 1 heterocycles. The van der Waals surface area contributed by atoms with Crippen molar-refractivity contribution < 1.29 is 14.7 Å². The predicted molar refractivity (Wildman–Crippen MR) is 71.8 cm³/mol. The fourth-order valence-electron chi connectivity index (χ4n) is 1.35. The standard InChI is InChI=1S/C13H19NO3S/c1-13(2,3)7-6-11(15)14-8-9-4-5-10(18-9)12(16)17/h4-5H,6-8H2,1-3H3,(H,14,15)(H,16,17). The first-order chi connectivity index (χ1) is 8.28. The molecule has 0 aromatic carbocycles. The Labute approximate surface area is 111 Å². The van der Waals surface area contributed by atoms with Gasteiger partial charge in [0.05, 0.1) is 6.54 Å². The molecule has 1 aromatic rings. The van der Waals surface area contributed by atoms with Crippen LogP contribution in [-0.2, 0) is 11.3 Å². The van der Waals surface area contributed by atoms with Crippen LogP contribution < -0.4 is 5.32 Å². The first kappa shape index (κ1) is 14.7. The van der Waals surface area contributed by atoms with Crippen molar-refractivity contribution in [2.45, 2.75) is 40.2 Å². The Morgan fingerprint density at radius 2 is 2.00 bits per heavy atom. The number of aromatic carboxylic acids is 1. The van der Waals surface area contributed by atoms with E-state index in [4.69, 9.17) is 5.11 Å². The minimum Gasteiger partial charge on any atom is -0.477 e. The zero-order valence-electron chi connectivity index (χ0n) is 10.9. The summed E-state index contributed by atoms with van der Waals surface area (Å²) in [7, 11) is 0. The fourth-order valence-corrected chi connectivity index (χ4v) is 2.14. The molecule has 0 spiro atoms. The van der Waals surface area contributed by atoms with Gasteiger partial charge in [-0.2, -0.15) is 0 Å². The highest BCUT2D eigenvalue weighted by molar-refractivity contribution is 7.13. The van der Waals surface area contributed by atoms with E-state index in [-0.39, 0.29) is 11.3 Å². The number of rotatable bonds is 5. The van der Waals surface area contributed by atoms with E-state index in [0.29, 0.717) is 17.8 Å². The van der Waals surface area contributed by atoms with E-state index in [1.807, 2.05) is 0 Å². The summed E-state index contributed by atoms with van der Waals surface area (Å²) in [5, 5.41) is 11.6. The third-order valence-electron chi connectivity index (χ3n) is 2.43. The second kappa shape index (κ2) is 6.00. The van der Waals surface area contributed by atoms with Gasteiger partial charge in [-0.1, -0.05) is 20.8 Å². The normalized spacial score (nSPS) is 11.3. The van der Waals surface area contributed by atoms with E-state index < -0.39 is 5.97 Å². The number of hydrogen-bond donors (Lipinski definition) is 2. The number of carbonyl (C=O) groups excluding carboxylic acids is 1. The van der Waals surface area contributed by atoms with Crippen LogP contribution in [0.1, 0.15) is 48.2 Å². The van der Waals surface area contributed by atoms with Crippen LogP contribution in [0.3, 0.4) is 0 Å². The highest BCUT2D eigenvalue weighted by atomic mass is 32.1. The van der Waals surface area contributed by atoms with Gasteiger partial charge in [0, 0.05) is 11.3 Å². The fraction of sp³-hybridized carbons (Fsp3) is 0.538. The Kier molecular flexibility index (Phi) is 4.90. The molecular weight excluding hydrogens is 250 g/mol. The third kappa shape index (κ3) is 5.31. The lowest BCUT2D eigenvalue weighted by Crippen LogP contribution is -2.23. The maximum atomic E-state index is 11.6. The summed E-state index contributed by atoms with van der Waals surface area (Å²) in [6.45, 7) is 6.69. The van der Waals surface area contributed by atoms with Crippen LogP contribution in [0.2, 0.25) is 0 Å². The van der Waals surface area contributed by atoms with Crippen LogP contribution >= 0.6 is 11.3 Å². The quantitative estimate of drug-likeness (QED) is 0.863. The summed E-state index contributed by atoms with van der Waals surface area (Å²) in [6, 6.07) is 3.29. The van der Waals surface area contributed by atoms with Gasteiger partial charge >= 0.3 is 5.97 Å². The average Bonchev–Trinajstić information content (AvgIpc) is 2.71. The van der Waals surface area contributed by atoms with Crippen molar-refractivity contribution in [3.8, 4) is 0 Å². The van der Waals surface area contributed by atoms with Crippen molar-refractivity contribution in [1.29, 1.82) is 0 Å². The van der Waals surface area contributed by atoms with Crippen LogP contribution in [0.5, 0.6) is 0 Å². The van der Waals surface area contributed by atoms with E-state index in [2.05, 4.69) is 26.1 Å². The number of thiophene rings is 1. The van der Waals surface area contributed by atoms with E-state index in [0.717, 1.165) is 11.3 Å². The van der Waals surface area contributed by atoms with Crippen molar-refractivity contribution in [3.05, 3.63) is 21.9 Å². The minimum atomic E-state index is -0.926. The Morgan fingerprint density at radius 3 is 2.50 bits per heavy atom. The minimum absolute atomic E-state index is 0.00944. The van der Waals surface area contributed by atoms with Crippen molar-refractivity contribution in [1.82, 2.24) is 5.32 Å². The van der Waals surface area contributed by atoms with E-state index in [1.165, 1.54) is 11.3 Å². The molecule has 18 heavy (non-hydrogen) atoms. The number of amides is 1. The monoisotopic (exact) mass is 269 g/mol. The summed E-state index contributed by atoms with van der Waals surface area (Å²) in [5.74, 6) is -0.916. The summed E-state index contributed by atoms with van der Waals surface area (Å²) in [5.41, 5.74) is 0.150. The molecule has 0 fully saturated rings. The second-order valence-electron chi connectivity index (χ2n) is 5.41. The molecule has 0 aliphatic rings. The number of carboxylic acids is 1. The first-order valence-corrected chi connectivity index (χ1v) is 6.68. The Morgan fingerprint density at radius 1 is 1.33 bits per heavy atom. The van der Waals surface area contributed by atoms with Gasteiger partial charge in [-0.15, -0.1) is 11.3 Å². The molecule has 0 unspecified atom stereocenters. The smallest absolute Gasteiger partial charge is 0.345 e. The van der Waals surface area contributed by atoms with Crippen LogP contribution in [0.15, 0.2) is 12.1 Å². The van der Waals surface area contributed by atoms with Crippen molar-refractivity contribution in [2.24, 2.45) is 5.41 Å². The average molecular weight is 269 g/mol. The predicted octanol–water partition coefficient (Wildman–Crippen LogP) is 2.89. The molecule has 0 atom stereocenters. The number of carboxylic acid groups (broad SMARTS) is 1. The van der Waals surface area contributed by atoms with E-state index in [1.54, 1.807) is 12.1 Å². The molecule has 4 nitrogen and oxygen atoms in total. The van der Waals surface area contributed by atoms with Gasteiger partial charge in [0.2, 0.25) is 5.91 Å². The molecule has 1 amide bonds. The first-order valence-electron chi connectivity index (χ1n) is 5.87. The van der Waals surface area contributed by atoms with E-state index >= 15 is 0 Å². The highest BCUT2D eigenvalue weighted by Crippen LogP contribution is 2.20. The zero-order valence-corrected chi connectivity index (χ0v) is 11.8. The summed E-state index contributed by atoms with van der Waals surface area (Å²) >= 11 is 1.19. The van der Waals surface area contributed by atoms with Gasteiger partial charge in [0.1, 0.15) is 4.88 Å². The lowest BCUT2D eigenvalue weighted by atomic mass is 9.90. The maximum Gasteiger partial charge on any atom is 0.345 e. The van der Waals surface area contributed by atoms with Crippen LogP contribution in [0.4, 0.5) is 0 Å². The molecule has 0 bridgehead atoms. The Bertz CT molecular complexity index is 432. The zero-order chi connectivity index (χ0) is 13.8. The molecule has 100 valence electrons. The topological polar surface area (TPSA) is 66.4 Å². The van der Waals surface area contributed by atoms with Gasteiger partial charge in [-0.25, -0.2) is 4.79 Å². The number of hydrogen-bond acceptors (Lipinski definition) is 3. The molecule has 5 heteroatoms. The van der Waals surface area contributed by atoms with Crippen LogP contribution in [0, 0.1) is 5.41 Å². The molecule has 0 saturated carbocycles. The molecule has 2 N–H and O–H groups in total. The van der Waals surface area contributed by atoms with Gasteiger partial charge in [0.15, 0.2) is 0 Å². The lowest BCUT2D eigenvalue weighted by molar-refractivity contribution is -0.121. The van der Waals surface area contributed by atoms with Crippen molar-refractivity contribution in [3.63, 3.8) is 0 Å². The summed E-state index contributed by atoms with van der Waals surface area (Å²) in [6.07, 6.45) is 1.34. The third-order valence-corrected chi connectivity index (χ3v) is 3.51. The van der Waals surface area contributed by atoms with Crippen LogP contribution in [0.25, 0.3) is 0 Å². The number of carbonyl (C=O) groups is 2. The SMILES string of the molecule is CC(C)(C)CCC(=O)NCc1ccc(C(=O)O)s1. The summed E-state index contributed by atoms with van der Waals surface area (Å²) < 4.78 is 0. The van der Waals surface area contributed by atoms with Gasteiger partial charge in [-0.05, 0) is 24.0 Å². The second-order valence-corrected chi connectivity index (χ2v) is 6.58. The van der Waals surface area contributed by atoms with Gasteiger partial charge in [0.25, 0.3) is 0 Å².